The molecule has 1 atom stereocenters. The number of methoxy groups -OCH3 is 1. The summed E-state index contributed by atoms with van der Waals surface area (Å²) in [6.07, 6.45) is 1.84. The summed E-state index contributed by atoms with van der Waals surface area (Å²) in [5, 5.41) is 0.900. The Morgan fingerprint density at radius 2 is 1.75 bits per heavy atom. The second-order valence-corrected chi connectivity index (χ2v) is 11.1. The number of ether oxygens (including phenoxy) is 4. The van der Waals surface area contributed by atoms with Gasteiger partial charge in [0.25, 0.3) is 5.56 Å². The van der Waals surface area contributed by atoms with Gasteiger partial charge in [-0.3, -0.25) is 14.2 Å². The molecule has 0 saturated heterocycles. The summed E-state index contributed by atoms with van der Waals surface area (Å²) < 4.78 is 25.8. The minimum atomic E-state index is -0.802. The van der Waals surface area contributed by atoms with Crippen molar-refractivity contribution in [1.29, 1.82) is 0 Å². The van der Waals surface area contributed by atoms with E-state index in [1.54, 1.807) is 44.6 Å². The predicted octanol–water partition coefficient (Wildman–Crippen LogP) is 4.03. The minimum Gasteiger partial charge on any atom is -0.493 e. The quantitative estimate of drug-likeness (QED) is 0.247. The lowest BCUT2D eigenvalue weighted by Crippen LogP contribution is -2.40. The number of benzene rings is 2. The van der Waals surface area contributed by atoms with E-state index in [0.717, 1.165) is 22.2 Å². The molecular weight excluding hydrogens is 582 g/mol. The van der Waals surface area contributed by atoms with E-state index in [4.69, 9.17) is 18.9 Å². The standard InChI is InChI=1S/C33H35N3O7S/c1-7-41-26-16-21(14-15-25(26)40-6)30-29(32(39)43-9-3)19(4)34-33-36(30)31(38)27(44-33)17-23-20(5)35(18-28(37)42-8-2)24-13-11-10-12-22(23)24/h10-17,30H,7-9,18H2,1-6H3/b27-17-/t30-/m0/s1. The van der Waals surface area contributed by atoms with Gasteiger partial charge in [0.05, 0.1) is 48.8 Å². The molecule has 0 unspecified atom stereocenters. The minimum absolute atomic E-state index is 0.0526. The first kappa shape index (κ1) is 30.8. The van der Waals surface area contributed by atoms with Gasteiger partial charge in [0.15, 0.2) is 16.3 Å². The molecular formula is C33H35N3O7S. The normalized spacial score (nSPS) is 14.8. The highest BCUT2D eigenvalue weighted by Gasteiger charge is 2.34. The number of nitrogens with zero attached hydrogens (tertiary/aromatic N) is 3. The van der Waals surface area contributed by atoms with Gasteiger partial charge in [-0.2, -0.15) is 0 Å². The highest BCUT2D eigenvalue weighted by molar-refractivity contribution is 7.07. The van der Waals surface area contributed by atoms with E-state index in [1.807, 2.05) is 54.8 Å². The fraction of sp³-hybridized carbons (Fsp3) is 0.333. The van der Waals surface area contributed by atoms with Gasteiger partial charge in [0.2, 0.25) is 0 Å². The summed E-state index contributed by atoms with van der Waals surface area (Å²) in [5.74, 6) is 0.156. The maximum absolute atomic E-state index is 14.3. The Kier molecular flexibility index (Phi) is 9.05. The molecule has 44 heavy (non-hydrogen) atoms. The summed E-state index contributed by atoms with van der Waals surface area (Å²) in [7, 11) is 1.56. The number of esters is 2. The molecule has 230 valence electrons. The first-order valence-electron chi connectivity index (χ1n) is 14.5. The Labute approximate surface area is 258 Å². The largest absolute Gasteiger partial charge is 0.493 e. The lowest BCUT2D eigenvalue weighted by molar-refractivity contribution is -0.143. The van der Waals surface area contributed by atoms with Crippen LogP contribution in [0.5, 0.6) is 11.5 Å². The Balaban J connectivity index is 1.73. The number of para-hydroxylation sites is 1. The smallest absolute Gasteiger partial charge is 0.338 e. The third-order valence-electron chi connectivity index (χ3n) is 7.47. The van der Waals surface area contributed by atoms with Gasteiger partial charge in [-0.05, 0) is 64.5 Å². The van der Waals surface area contributed by atoms with E-state index in [2.05, 4.69) is 4.99 Å². The van der Waals surface area contributed by atoms with Crippen LogP contribution in [0.1, 0.15) is 50.6 Å². The zero-order valence-corrected chi connectivity index (χ0v) is 26.4. The average Bonchev–Trinajstić information content (AvgIpc) is 3.45. The van der Waals surface area contributed by atoms with E-state index in [0.29, 0.717) is 45.3 Å². The van der Waals surface area contributed by atoms with Crippen molar-refractivity contribution < 1.29 is 28.5 Å². The summed E-state index contributed by atoms with van der Waals surface area (Å²) in [6.45, 7) is 9.97. The number of carbonyl (C=O) groups is 2. The molecule has 0 saturated carbocycles. The molecule has 1 aliphatic heterocycles. The molecule has 0 radical (unpaired) electrons. The van der Waals surface area contributed by atoms with Crippen LogP contribution < -0.4 is 24.4 Å². The molecule has 0 bridgehead atoms. The third kappa shape index (κ3) is 5.55. The van der Waals surface area contributed by atoms with Gasteiger partial charge in [0.1, 0.15) is 6.54 Å². The van der Waals surface area contributed by atoms with Crippen molar-refractivity contribution in [2.24, 2.45) is 4.99 Å². The van der Waals surface area contributed by atoms with Crippen molar-refractivity contribution >= 4 is 40.3 Å². The maximum atomic E-state index is 14.3. The second-order valence-electron chi connectivity index (χ2n) is 10.1. The molecule has 0 aliphatic carbocycles. The molecule has 10 nitrogen and oxygen atoms in total. The van der Waals surface area contributed by atoms with E-state index in [1.165, 1.54) is 11.3 Å². The highest BCUT2D eigenvalue weighted by Crippen LogP contribution is 2.36. The third-order valence-corrected chi connectivity index (χ3v) is 8.45. The van der Waals surface area contributed by atoms with Crippen molar-refractivity contribution in [3.8, 4) is 11.5 Å². The molecule has 3 heterocycles. The van der Waals surface area contributed by atoms with Crippen molar-refractivity contribution in [2.75, 3.05) is 26.9 Å². The van der Waals surface area contributed by atoms with Crippen LogP contribution in [0.2, 0.25) is 0 Å². The first-order chi connectivity index (χ1) is 21.2. The molecule has 0 fully saturated rings. The zero-order chi connectivity index (χ0) is 31.5. The van der Waals surface area contributed by atoms with Crippen molar-refractivity contribution in [3.63, 3.8) is 0 Å². The van der Waals surface area contributed by atoms with Gasteiger partial charge in [-0.15, -0.1) is 0 Å². The van der Waals surface area contributed by atoms with Crippen LogP contribution in [0, 0.1) is 6.92 Å². The molecule has 11 heteroatoms. The SMILES string of the molecule is CCOC(=O)Cn1c(C)c(/C=c2\sc3n(c2=O)[C@@H](c2ccc(OC)c(OCC)c2)C(C(=O)OCC)=C(C)N=3)c2ccccc21. The van der Waals surface area contributed by atoms with Gasteiger partial charge >= 0.3 is 11.9 Å². The molecule has 2 aromatic heterocycles. The molecule has 0 spiro atoms. The second kappa shape index (κ2) is 12.9. The Morgan fingerprint density at radius 1 is 1.00 bits per heavy atom. The van der Waals surface area contributed by atoms with Crippen LogP contribution >= 0.6 is 11.3 Å². The zero-order valence-electron chi connectivity index (χ0n) is 25.6. The molecule has 0 amide bonds. The average molecular weight is 618 g/mol. The fourth-order valence-electron chi connectivity index (χ4n) is 5.55. The number of fused-ring (bicyclic) bond motifs is 2. The van der Waals surface area contributed by atoms with Crippen molar-refractivity contribution in [1.82, 2.24) is 9.13 Å². The lowest BCUT2D eigenvalue weighted by Gasteiger charge is -2.25. The summed E-state index contributed by atoms with van der Waals surface area (Å²) in [6, 6.07) is 12.3. The van der Waals surface area contributed by atoms with Crippen LogP contribution in [-0.4, -0.2) is 48.0 Å². The van der Waals surface area contributed by atoms with Crippen LogP contribution in [0.15, 0.2) is 63.5 Å². The van der Waals surface area contributed by atoms with Gasteiger partial charge < -0.3 is 23.5 Å². The fourth-order valence-corrected chi connectivity index (χ4v) is 6.58. The van der Waals surface area contributed by atoms with Crippen LogP contribution in [-0.2, 0) is 25.6 Å². The van der Waals surface area contributed by atoms with Crippen LogP contribution in [0.25, 0.3) is 17.0 Å². The summed E-state index contributed by atoms with van der Waals surface area (Å²) in [5.41, 5.74) is 3.59. The lowest BCUT2D eigenvalue weighted by atomic mass is 9.95. The highest BCUT2D eigenvalue weighted by atomic mass is 32.1. The van der Waals surface area contributed by atoms with E-state index < -0.39 is 12.0 Å². The number of aromatic nitrogens is 2. The Hall–Kier alpha value is -4.64. The first-order valence-corrected chi connectivity index (χ1v) is 15.3. The monoisotopic (exact) mass is 617 g/mol. The topological polar surface area (TPSA) is 110 Å². The molecule has 0 N–H and O–H groups in total. The number of rotatable bonds is 10. The van der Waals surface area contributed by atoms with Crippen LogP contribution in [0.4, 0.5) is 0 Å². The predicted molar refractivity (Wildman–Crippen MR) is 168 cm³/mol. The molecule has 1 aliphatic rings. The number of allylic oxidation sites excluding steroid dienone is 1. The van der Waals surface area contributed by atoms with E-state index >= 15 is 0 Å². The maximum Gasteiger partial charge on any atom is 0.338 e. The number of hydrogen-bond acceptors (Lipinski definition) is 9. The molecule has 5 rings (SSSR count). The number of hydrogen-bond donors (Lipinski definition) is 0. The Morgan fingerprint density at radius 3 is 2.45 bits per heavy atom. The van der Waals surface area contributed by atoms with E-state index in [-0.39, 0.29) is 30.3 Å². The van der Waals surface area contributed by atoms with Crippen molar-refractivity contribution in [3.05, 3.63) is 90.2 Å². The molecule has 4 aromatic rings. The van der Waals surface area contributed by atoms with Crippen LogP contribution in [0.3, 0.4) is 0 Å². The number of carbonyl (C=O) groups excluding carboxylic acids is 2. The van der Waals surface area contributed by atoms with E-state index in [9.17, 15) is 14.4 Å². The Bertz CT molecular complexity index is 1960. The number of thiazole rings is 1. The summed E-state index contributed by atoms with van der Waals surface area (Å²) >= 11 is 1.24. The van der Waals surface area contributed by atoms with Gasteiger partial charge in [-0.1, -0.05) is 35.6 Å². The van der Waals surface area contributed by atoms with Crippen molar-refractivity contribution in [2.45, 2.75) is 47.2 Å². The van der Waals surface area contributed by atoms with Gasteiger partial charge in [0, 0.05) is 22.2 Å². The summed E-state index contributed by atoms with van der Waals surface area (Å²) in [4.78, 5) is 45.1. The molecule has 2 aromatic carbocycles. The van der Waals surface area contributed by atoms with Gasteiger partial charge in [-0.25, -0.2) is 9.79 Å².